The first-order valence-corrected chi connectivity index (χ1v) is 8.92. The molecule has 1 saturated heterocycles. The van der Waals surface area contributed by atoms with Crippen molar-refractivity contribution in [3.63, 3.8) is 0 Å². The first-order chi connectivity index (χ1) is 11.8. The van der Waals surface area contributed by atoms with Crippen molar-refractivity contribution < 1.29 is 14.3 Å². The molecule has 1 atom stereocenters. The Hall–Kier alpha value is -2.09. The molecule has 0 aromatic carbocycles. The Morgan fingerprint density at radius 1 is 1.24 bits per heavy atom. The smallest absolute Gasteiger partial charge is 0.411 e. The van der Waals surface area contributed by atoms with Crippen molar-refractivity contribution in [2.24, 2.45) is 0 Å². The highest BCUT2D eigenvalue weighted by molar-refractivity contribution is 5.87. The van der Waals surface area contributed by atoms with Crippen molar-refractivity contribution in [2.75, 3.05) is 19.6 Å². The second-order valence-electron chi connectivity index (χ2n) is 7.66. The summed E-state index contributed by atoms with van der Waals surface area (Å²) in [5.74, 6) is -0.224. The minimum atomic E-state index is -0.747. The maximum absolute atomic E-state index is 13.0. The third kappa shape index (κ3) is 4.12. The van der Waals surface area contributed by atoms with Gasteiger partial charge in [0.05, 0.1) is 11.9 Å². The zero-order chi connectivity index (χ0) is 18.0. The Morgan fingerprint density at radius 2 is 1.96 bits per heavy atom. The number of ether oxygens (including phenoxy) is 1. The molecule has 25 heavy (non-hydrogen) atoms. The van der Waals surface area contributed by atoms with Crippen LogP contribution >= 0.6 is 0 Å². The van der Waals surface area contributed by atoms with Crippen LogP contribution in [-0.4, -0.2) is 57.3 Å². The lowest BCUT2D eigenvalue weighted by Crippen LogP contribution is -2.53. The fraction of sp³-hybridized carbons (Fsp3) is 0.706. The van der Waals surface area contributed by atoms with Crippen LogP contribution in [0.4, 0.5) is 4.79 Å². The lowest BCUT2D eigenvalue weighted by atomic mass is 10.00. The van der Waals surface area contributed by atoms with Gasteiger partial charge in [-0.1, -0.05) is 6.42 Å². The fourth-order valence-corrected chi connectivity index (χ4v) is 3.30. The molecular formula is C17H27N5O3. The maximum atomic E-state index is 13.0. The Morgan fingerprint density at radius 3 is 2.64 bits per heavy atom. The van der Waals surface area contributed by atoms with Gasteiger partial charge in [0.2, 0.25) is 0 Å². The summed E-state index contributed by atoms with van der Waals surface area (Å²) in [6.45, 7) is 7.55. The van der Waals surface area contributed by atoms with E-state index < -0.39 is 17.7 Å². The van der Waals surface area contributed by atoms with E-state index in [1.54, 1.807) is 6.20 Å². The maximum Gasteiger partial charge on any atom is 0.411 e. The summed E-state index contributed by atoms with van der Waals surface area (Å²) in [5.41, 5.74) is 4.00. The van der Waals surface area contributed by atoms with E-state index in [2.05, 4.69) is 15.6 Å². The normalized spacial score (nSPS) is 21.6. The summed E-state index contributed by atoms with van der Waals surface area (Å²) in [6.07, 6.45) is 5.21. The predicted octanol–water partition coefficient (Wildman–Crippen LogP) is 1.76. The van der Waals surface area contributed by atoms with Crippen LogP contribution in [0.3, 0.4) is 0 Å². The van der Waals surface area contributed by atoms with Gasteiger partial charge in [-0.15, -0.1) is 0 Å². The number of aromatic nitrogens is 2. The molecule has 8 heteroatoms. The number of carbonyl (C=O) groups excluding carboxylic acids is 2. The summed E-state index contributed by atoms with van der Waals surface area (Å²) in [6, 6.07) is -0.747. The minimum absolute atomic E-state index is 0.224. The number of carbonyl (C=O) groups is 2. The number of hydrogen-bond donors (Lipinski definition) is 2. The molecule has 0 spiro atoms. The second kappa shape index (κ2) is 7.03. The molecule has 138 valence electrons. The third-order valence-electron chi connectivity index (χ3n) is 4.46. The molecule has 2 aliphatic heterocycles. The zero-order valence-corrected chi connectivity index (χ0v) is 15.2. The third-order valence-corrected chi connectivity index (χ3v) is 4.46. The monoisotopic (exact) mass is 349 g/mol. The van der Waals surface area contributed by atoms with E-state index in [1.165, 1.54) is 11.3 Å². The first kappa shape index (κ1) is 17.7. The molecule has 2 N–H and O–H groups in total. The molecule has 0 aliphatic carbocycles. The van der Waals surface area contributed by atoms with Crippen LogP contribution in [0.5, 0.6) is 0 Å². The molecule has 1 aromatic rings. The number of hydrazine groups is 1. The lowest BCUT2D eigenvalue weighted by Gasteiger charge is -2.37. The van der Waals surface area contributed by atoms with Gasteiger partial charge in [-0.3, -0.25) is 20.2 Å². The van der Waals surface area contributed by atoms with Crippen LogP contribution in [0.15, 0.2) is 6.20 Å². The molecule has 2 aliphatic rings. The van der Waals surface area contributed by atoms with Gasteiger partial charge in [-0.25, -0.2) is 9.80 Å². The van der Waals surface area contributed by atoms with E-state index in [-0.39, 0.29) is 5.91 Å². The average Bonchev–Trinajstić information content (AvgIpc) is 3.01. The molecular weight excluding hydrogens is 322 g/mol. The quantitative estimate of drug-likeness (QED) is 0.849. The predicted molar refractivity (Wildman–Crippen MR) is 91.5 cm³/mol. The van der Waals surface area contributed by atoms with Crippen LogP contribution in [0.25, 0.3) is 0 Å². The van der Waals surface area contributed by atoms with E-state index in [4.69, 9.17) is 4.74 Å². The van der Waals surface area contributed by atoms with E-state index in [0.29, 0.717) is 18.7 Å². The van der Waals surface area contributed by atoms with Crippen molar-refractivity contribution in [2.45, 2.75) is 58.1 Å². The number of nitrogens with zero attached hydrogens (tertiary/aromatic N) is 3. The highest BCUT2D eigenvalue weighted by atomic mass is 16.6. The van der Waals surface area contributed by atoms with Gasteiger partial charge in [0.25, 0.3) is 5.91 Å². The topological polar surface area (TPSA) is 90.6 Å². The highest BCUT2D eigenvalue weighted by Gasteiger charge is 2.40. The number of rotatable bonds is 2. The van der Waals surface area contributed by atoms with Crippen molar-refractivity contribution in [1.29, 1.82) is 0 Å². The molecule has 2 amide bonds. The van der Waals surface area contributed by atoms with Crippen molar-refractivity contribution >= 4 is 12.0 Å². The molecule has 0 bridgehead atoms. The number of amides is 2. The van der Waals surface area contributed by atoms with Gasteiger partial charge < -0.3 is 4.74 Å². The average molecular weight is 349 g/mol. The van der Waals surface area contributed by atoms with E-state index in [9.17, 15) is 9.59 Å². The summed E-state index contributed by atoms with van der Waals surface area (Å²) in [5, 5.41) is 8.88. The van der Waals surface area contributed by atoms with Gasteiger partial charge in [0, 0.05) is 19.6 Å². The standard InChI is InChI=1S/C17H27N5O3/c1-17(2,3)25-16(24)22-10-7-12-11-18-19-13(12)14(22)15(23)20-21-8-5-4-6-9-21/h11,14H,4-10H2,1-3H3,(H,18,19)(H,20,23). The Labute approximate surface area is 147 Å². The largest absolute Gasteiger partial charge is 0.444 e. The van der Waals surface area contributed by atoms with Gasteiger partial charge in [0.1, 0.15) is 5.60 Å². The fourth-order valence-electron chi connectivity index (χ4n) is 3.30. The molecule has 0 saturated carbocycles. The number of aromatic amines is 1. The molecule has 8 nitrogen and oxygen atoms in total. The van der Waals surface area contributed by atoms with Crippen molar-refractivity contribution in [3.8, 4) is 0 Å². The molecule has 3 rings (SSSR count). The van der Waals surface area contributed by atoms with Crippen LogP contribution in [0, 0.1) is 0 Å². The van der Waals surface area contributed by atoms with Crippen LogP contribution in [0.1, 0.15) is 57.3 Å². The van der Waals surface area contributed by atoms with Gasteiger partial charge in [-0.2, -0.15) is 5.10 Å². The van der Waals surface area contributed by atoms with Gasteiger partial charge in [0.15, 0.2) is 6.04 Å². The summed E-state index contributed by atoms with van der Waals surface area (Å²) in [7, 11) is 0. The minimum Gasteiger partial charge on any atom is -0.444 e. The number of fused-ring (bicyclic) bond motifs is 1. The molecule has 1 aromatic heterocycles. The lowest BCUT2D eigenvalue weighted by molar-refractivity contribution is -0.132. The SMILES string of the molecule is CC(C)(C)OC(=O)N1CCc2cn[nH]c2C1C(=O)NN1CCCCC1. The summed E-state index contributed by atoms with van der Waals surface area (Å²) < 4.78 is 5.50. The van der Waals surface area contributed by atoms with Crippen LogP contribution in [-0.2, 0) is 16.0 Å². The molecule has 1 unspecified atom stereocenters. The van der Waals surface area contributed by atoms with Crippen molar-refractivity contribution in [3.05, 3.63) is 17.5 Å². The number of H-pyrrole nitrogens is 1. The first-order valence-electron chi connectivity index (χ1n) is 8.92. The molecule has 1 fully saturated rings. The van der Waals surface area contributed by atoms with Crippen molar-refractivity contribution in [1.82, 2.24) is 25.5 Å². The Kier molecular flexibility index (Phi) is 4.99. The Bertz CT molecular complexity index is 630. The van der Waals surface area contributed by atoms with Gasteiger partial charge in [-0.05, 0) is 45.6 Å². The Balaban J connectivity index is 1.79. The summed E-state index contributed by atoms with van der Waals surface area (Å²) >= 11 is 0. The zero-order valence-electron chi connectivity index (χ0n) is 15.2. The van der Waals surface area contributed by atoms with E-state index >= 15 is 0 Å². The highest BCUT2D eigenvalue weighted by Crippen LogP contribution is 2.30. The molecule has 3 heterocycles. The second-order valence-corrected chi connectivity index (χ2v) is 7.66. The number of nitrogens with one attached hydrogen (secondary N) is 2. The van der Waals surface area contributed by atoms with Crippen LogP contribution < -0.4 is 5.43 Å². The van der Waals surface area contributed by atoms with E-state index in [0.717, 1.165) is 31.5 Å². The molecule has 0 radical (unpaired) electrons. The summed E-state index contributed by atoms with van der Waals surface area (Å²) in [4.78, 5) is 27.1. The number of piperidine rings is 1. The van der Waals surface area contributed by atoms with Gasteiger partial charge >= 0.3 is 6.09 Å². The van der Waals surface area contributed by atoms with E-state index in [1.807, 2.05) is 25.8 Å². The van der Waals surface area contributed by atoms with Crippen LogP contribution in [0.2, 0.25) is 0 Å². The number of hydrogen-bond acceptors (Lipinski definition) is 5.